The Labute approximate surface area is 120 Å². The van der Waals surface area contributed by atoms with Crippen molar-refractivity contribution in [3.63, 3.8) is 0 Å². The minimum Gasteiger partial charge on any atom is -0.346 e. The van der Waals surface area contributed by atoms with E-state index in [0.717, 1.165) is 25.3 Å². The first kappa shape index (κ1) is 15.0. The molecule has 0 aliphatic carbocycles. The summed E-state index contributed by atoms with van der Waals surface area (Å²) in [4.78, 5) is 16.4. The molecule has 3 N–H and O–H groups in total. The zero-order valence-electron chi connectivity index (χ0n) is 12.8. The average molecular weight is 279 g/mol. The number of amides is 1. The Morgan fingerprint density at radius 1 is 1.45 bits per heavy atom. The van der Waals surface area contributed by atoms with Crippen molar-refractivity contribution in [3.05, 3.63) is 11.6 Å². The third-order valence-electron chi connectivity index (χ3n) is 3.80. The molecule has 1 aromatic rings. The number of H-pyrrole nitrogens is 1. The summed E-state index contributed by atoms with van der Waals surface area (Å²) in [5, 5.41) is 13.2. The van der Waals surface area contributed by atoms with Gasteiger partial charge in [0, 0.05) is 11.5 Å². The molecule has 2 rings (SSSR count). The van der Waals surface area contributed by atoms with E-state index in [0.29, 0.717) is 5.92 Å². The molecule has 0 spiro atoms. The molecule has 1 aliphatic heterocycles. The summed E-state index contributed by atoms with van der Waals surface area (Å²) in [5.41, 5.74) is -0.134. The first-order valence-corrected chi connectivity index (χ1v) is 7.32. The van der Waals surface area contributed by atoms with Crippen LogP contribution >= 0.6 is 0 Å². The number of nitrogens with one attached hydrogen (secondary N) is 3. The third kappa shape index (κ3) is 3.56. The van der Waals surface area contributed by atoms with Crippen LogP contribution in [0.5, 0.6) is 0 Å². The Morgan fingerprint density at radius 3 is 2.75 bits per heavy atom. The highest BCUT2D eigenvalue weighted by atomic mass is 16.2. The Bertz CT molecular complexity index is 456. The van der Waals surface area contributed by atoms with Crippen molar-refractivity contribution >= 4 is 5.91 Å². The Morgan fingerprint density at radius 2 is 2.20 bits per heavy atom. The van der Waals surface area contributed by atoms with E-state index in [1.54, 1.807) is 0 Å². The summed E-state index contributed by atoms with van der Waals surface area (Å²) < 4.78 is 0. The second-order valence-corrected chi connectivity index (χ2v) is 6.63. The fourth-order valence-electron chi connectivity index (χ4n) is 2.39. The lowest BCUT2D eigenvalue weighted by atomic mass is 9.93. The second kappa shape index (κ2) is 5.91. The number of aromatic nitrogens is 3. The van der Waals surface area contributed by atoms with Crippen molar-refractivity contribution in [2.75, 3.05) is 13.1 Å². The first-order valence-electron chi connectivity index (χ1n) is 7.32. The summed E-state index contributed by atoms with van der Waals surface area (Å²) in [6.07, 6.45) is 2.31. The van der Waals surface area contributed by atoms with Crippen LogP contribution in [0.3, 0.4) is 0 Å². The van der Waals surface area contributed by atoms with Gasteiger partial charge < -0.3 is 10.6 Å². The van der Waals surface area contributed by atoms with Gasteiger partial charge in [-0.1, -0.05) is 20.8 Å². The maximum atomic E-state index is 12.2. The summed E-state index contributed by atoms with van der Waals surface area (Å²) >= 11 is 0. The molecule has 6 heteroatoms. The van der Waals surface area contributed by atoms with Gasteiger partial charge in [0.15, 0.2) is 0 Å². The van der Waals surface area contributed by atoms with E-state index in [2.05, 4.69) is 25.8 Å². The summed E-state index contributed by atoms with van der Waals surface area (Å²) in [7, 11) is 0. The zero-order chi connectivity index (χ0) is 14.8. The Hall–Kier alpha value is -1.43. The van der Waals surface area contributed by atoms with Crippen molar-refractivity contribution in [1.29, 1.82) is 0 Å². The normalized spacial score (nSPS) is 21.5. The highest BCUT2D eigenvalue weighted by Crippen LogP contribution is 2.18. The fourth-order valence-corrected chi connectivity index (χ4v) is 2.39. The van der Waals surface area contributed by atoms with Crippen molar-refractivity contribution in [3.8, 4) is 0 Å². The summed E-state index contributed by atoms with van der Waals surface area (Å²) in [6.45, 7) is 10.2. The van der Waals surface area contributed by atoms with Crippen molar-refractivity contribution in [2.24, 2.45) is 5.92 Å². The molecule has 0 radical (unpaired) electrons. The molecule has 1 aromatic heterocycles. The molecular formula is C14H25N5O. The van der Waals surface area contributed by atoms with Gasteiger partial charge in [-0.15, -0.1) is 5.10 Å². The molecule has 1 aliphatic rings. The van der Waals surface area contributed by atoms with Crippen LogP contribution in [0, 0.1) is 5.92 Å². The van der Waals surface area contributed by atoms with Gasteiger partial charge in [-0.25, -0.2) is 4.98 Å². The number of rotatable bonds is 3. The maximum absolute atomic E-state index is 12.2. The molecule has 2 atom stereocenters. The predicted octanol–water partition coefficient (Wildman–Crippen LogP) is 1.22. The number of piperidine rings is 1. The monoisotopic (exact) mass is 279 g/mol. The van der Waals surface area contributed by atoms with Gasteiger partial charge in [0.1, 0.15) is 5.82 Å². The minimum absolute atomic E-state index is 0.131. The van der Waals surface area contributed by atoms with Crippen LogP contribution in [0.2, 0.25) is 0 Å². The zero-order valence-corrected chi connectivity index (χ0v) is 12.8. The van der Waals surface area contributed by atoms with Crippen LogP contribution in [-0.4, -0.2) is 40.2 Å². The molecule has 0 aromatic carbocycles. The first-order chi connectivity index (χ1) is 9.38. The van der Waals surface area contributed by atoms with Crippen LogP contribution in [0.1, 0.15) is 57.0 Å². The lowest BCUT2D eigenvalue weighted by Gasteiger charge is -2.28. The number of aromatic amines is 1. The van der Waals surface area contributed by atoms with E-state index in [9.17, 15) is 4.79 Å². The van der Waals surface area contributed by atoms with Gasteiger partial charge >= 0.3 is 0 Å². The van der Waals surface area contributed by atoms with Crippen LogP contribution in [0.4, 0.5) is 0 Å². The number of hydrogen-bond donors (Lipinski definition) is 3. The van der Waals surface area contributed by atoms with Crippen molar-refractivity contribution in [2.45, 2.75) is 52.0 Å². The van der Waals surface area contributed by atoms with Crippen molar-refractivity contribution in [1.82, 2.24) is 25.8 Å². The Balaban J connectivity index is 1.95. The molecule has 0 saturated carbocycles. The van der Waals surface area contributed by atoms with E-state index >= 15 is 0 Å². The van der Waals surface area contributed by atoms with Gasteiger partial charge in [-0.2, -0.15) is 0 Å². The largest absolute Gasteiger partial charge is 0.346 e. The van der Waals surface area contributed by atoms with Gasteiger partial charge in [-0.05, 0) is 38.8 Å². The molecule has 112 valence electrons. The fraction of sp³-hybridized carbons (Fsp3) is 0.786. The van der Waals surface area contributed by atoms with Crippen LogP contribution in [0.25, 0.3) is 0 Å². The van der Waals surface area contributed by atoms with E-state index in [1.165, 1.54) is 6.42 Å². The lowest BCUT2D eigenvalue weighted by Crippen LogP contribution is -2.44. The third-order valence-corrected chi connectivity index (χ3v) is 3.80. The molecule has 2 heterocycles. The molecular weight excluding hydrogens is 254 g/mol. The molecule has 20 heavy (non-hydrogen) atoms. The number of nitrogens with zero attached hydrogens (tertiary/aromatic N) is 2. The van der Waals surface area contributed by atoms with E-state index < -0.39 is 0 Å². The van der Waals surface area contributed by atoms with Gasteiger partial charge in [0.05, 0.1) is 0 Å². The van der Waals surface area contributed by atoms with Gasteiger partial charge in [0.25, 0.3) is 5.91 Å². The van der Waals surface area contributed by atoms with E-state index in [1.807, 2.05) is 27.7 Å². The van der Waals surface area contributed by atoms with Crippen LogP contribution < -0.4 is 10.6 Å². The van der Waals surface area contributed by atoms with Crippen LogP contribution in [0.15, 0.2) is 0 Å². The van der Waals surface area contributed by atoms with Crippen molar-refractivity contribution < 1.29 is 4.79 Å². The molecule has 1 fully saturated rings. The summed E-state index contributed by atoms with van der Waals surface area (Å²) in [6, 6.07) is 0.131. The molecule has 1 amide bonds. The molecule has 2 unspecified atom stereocenters. The number of hydrogen-bond acceptors (Lipinski definition) is 4. The number of carbonyl (C=O) groups is 1. The standard InChI is InChI=1S/C14H25N5O/c1-9(10-6-5-7-15-8-10)16-12(20)11-17-13(19-18-11)14(2,3)4/h9-10,15H,5-8H2,1-4H3,(H,16,20)(H,17,18,19). The van der Waals surface area contributed by atoms with E-state index in [-0.39, 0.29) is 23.2 Å². The molecule has 6 nitrogen and oxygen atoms in total. The SMILES string of the molecule is CC(NC(=O)c1n[nH]c(C(C)(C)C)n1)C1CCCNC1. The van der Waals surface area contributed by atoms with Gasteiger partial charge in [-0.3, -0.25) is 9.89 Å². The quantitative estimate of drug-likeness (QED) is 0.777. The number of carbonyl (C=O) groups excluding carboxylic acids is 1. The average Bonchev–Trinajstić information content (AvgIpc) is 2.89. The van der Waals surface area contributed by atoms with Crippen LogP contribution in [-0.2, 0) is 5.41 Å². The maximum Gasteiger partial charge on any atom is 0.291 e. The highest BCUT2D eigenvalue weighted by molar-refractivity contribution is 5.90. The minimum atomic E-state index is -0.199. The molecule has 1 saturated heterocycles. The topological polar surface area (TPSA) is 82.7 Å². The Kier molecular flexibility index (Phi) is 4.42. The lowest BCUT2D eigenvalue weighted by molar-refractivity contribution is 0.0911. The second-order valence-electron chi connectivity index (χ2n) is 6.63. The summed E-state index contributed by atoms with van der Waals surface area (Å²) in [5.74, 6) is 1.24. The smallest absolute Gasteiger partial charge is 0.291 e. The molecule has 0 bridgehead atoms. The van der Waals surface area contributed by atoms with Gasteiger partial charge in [0.2, 0.25) is 5.82 Å². The highest BCUT2D eigenvalue weighted by Gasteiger charge is 2.25. The predicted molar refractivity (Wildman–Crippen MR) is 77.6 cm³/mol. The van der Waals surface area contributed by atoms with E-state index in [4.69, 9.17) is 0 Å².